The molecule has 0 aliphatic carbocycles. The van der Waals surface area contributed by atoms with Crippen LogP contribution in [0.15, 0.2) is 18.2 Å². The second kappa shape index (κ2) is 5.66. The van der Waals surface area contributed by atoms with Gasteiger partial charge in [0.05, 0.1) is 0 Å². The van der Waals surface area contributed by atoms with Crippen LogP contribution in [0.25, 0.3) is 0 Å². The first-order valence-corrected chi connectivity index (χ1v) is 5.91. The maximum Gasteiger partial charge on any atom is 0.136 e. The summed E-state index contributed by atoms with van der Waals surface area (Å²) in [6.07, 6.45) is 0. The third-order valence-corrected chi connectivity index (χ3v) is 3.11. The summed E-state index contributed by atoms with van der Waals surface area (Å²) in [4.78, 5) is 2.31. The zero-order valence-electron chi connectivity index (χ0n) is 8.56. The van der Waals surface area contributed by atoms with Gasteiger partial charge in [-0.2, -0.15) is 0 Å². The third kappa shape index (κ3) is 3.20. The Morgan fingerprint density at radius 3 is 2.43 bits per heavy atom. The van der Waals surface area contributed by atoms with Crippen molar-refractivity contribution in [1.29, 1.82) is 0 Å². The van der Waals surface area contributed by atoms with Gasteiger partial charge >= 0.3 is 0 Å². The van der Waals surface area contributed by atoms with Crippen molar-refractivity contribution in [1.82, 2.24) is 4.90 Å². The van der Waals surface area contributed by atoms with Gasteiger partial charge in [-0.05, 0) is 53.4 Å². The van der Waals surface area contributed by atoms with Gasteiger partial charge in [-0.25, -0.2) is 4.39 Å². The molecule has 0 unspecified atom stereocenters. The Kier molecular flexibility index (Phi) is 4.81. The molecular formula is C11H15FIN. The van der Waals surface area contributed by atoms with Crippen LogP contribution in [0.3, 0.4) is 0 Å². The van der Waals surface area contributed by atoms with Gasteiger partial charge in [0.2, 0.25) is 0 Å². The molecule has 0 atom stereocenters. The highest BCUT2D eigenvalue weighted by Gasteiger charge is 2.03. The van der Waals surface area contributed by atoms with Crippen molar-refractivity contribution in [3.63, 3.8) is 0 Å². The third-order valence-electron chi connectivity index (χ3n) is 2.28. The van der Waals surface area contributed by atoms with Crippen LogP contribution in [0.1, 0.15) is 19.4 Å². The number of hydrogen-bond donors (Lipinski definition) is 0. The summed E-state index contributed by atoms with van der Waals surface area (Å²) >= 11 is 2.03. The molecule has 1 aromatic carbocycles. The number of halogens is 2. The predicted molar refractivity (Wildman–Crippen MR) is 65.7 cm³/mol. The maximum atomic E-state index is 13.0. The van der Waals surface area contributed by atoms with Gasteiger partial charge in [0, 0.05) is 10.1 Å². The van der Waals surface area contributed by atoms with Crippen molar-refractivity contribution in [2.24, 2.45) is 0 Å². The van der Waals surface area contributed by atoms with E-state index < -0.39 is 0 Å². The SMILES string of the molecule is CCN(CC)Cc1ccc(F)c(I)c1. The Balaban J connectivity index is 2.72. The molecule has 3 heteroatoms. The molecule has 1 nitrogen and oxygen atoms in total. The van der Waals surface area contributed by atoms with Crippen molar-refractivity contribution in [3.8, 4) is 0 Å². The maximum absolute atomic E-state index is 13.0. The Labute approximate surface area is 98.4 Å². The van der Waals surface area contributed by atoms with E-state index >= 15 is 0 Å². The largest absolute Gasteiger partial charge is 0.300 e. The molecule has 1 rings (SSSR count). The van der Waals surface area contributed by atoms with E-state index in [9.17, 15) is 4.39 Å². The zero-order valence-corrected chi connectivity index (χ0v) is 10.7. The molecule has 0 N–H and O–H groups in total. The molecule has 0 aliphatic heterocycles. The summed E-state index contributed by atoms with van der Waals surface area (Å²) in [5, 5.41) is 0. The minimum absolute atomic E-state index is 0.131. The van der Waals surface area contributed by atoms with Gasteiger partial charge in [0.15, 0.2) is 0 Å². The minimum atomic E-state index is -0.131. The molecule has 0 fully saturated rings. The first-order valence-electron chi connectivity index (χ1n) is 4.83. The van der Waals surface area contributed by atoms with Gasteiger partial charge in [0.25, 0.3) is 0 Å². The van der Waals surface area contributed by atoms with Crippen LogP contribution < -0.4 is 0 Å². The van der Waals surface area contributed by atoms with E-state index in [-0.39, 0.29) is 5.82 Å². The van der Waals surface area contributed by atoms with Crippen molar-refractivity contribution >= 4 is 22.6 Å². The lowest BCUT2D eigenvalue weighted by atomic mass is 10.2. The van der Waals surface area contributed by atoms with Crippen LogP contribution in [0, 0.1) is 9.39 Å². The molecule has 0 aromatic heterocycles. The highest BCUT2D eigenvalue weighted by molar-refractivity contribution is 14.1. The molecule has 78 valence electrons. The van der Waals surface area contributed by atoms with E-state index in [0.717, 1.165) is 19.6 Å². The van der Waals surface area contributed by atoms with Gasteiger partial charge in [-0.15, -0.1) is 0 Å². The van der Waals surface area contributed by atoms with E-state index in [1.807, 2.05) is 34.7 Å². The molecule has 14 heavy (non-hydrogen) atoms. The van der Waals surface area contributed by atoms with E-state index in [1.165, 1.54) is 5.56 Å². The average molecular weight is 307 g/mol. The van der Waals surface area contributed by atoms with Crippen LogP contribution in [0.4, 0.5) is 4.39 Å². The lowest BCUT2D eigenvalue weighted by molar-refractivity contribution is 0.295. The number of rotatable bonds is 4. The lowest BCUT2D eigenvalue weighted by Gasteiger charge is -2.18. The summed E-state index contributed by atoms with van der Waals surface area (Å²) in [5.41, 5.74) is 1.18. The molecule has 0 amide bonds. The van der Waals surface area contributed by atoms with Crippen molar-refractivity contribution in [2.45, 2.75) is 20.4 Å². The fourth-order valence-electron chi connectivity index (χ4n) is 1.34. The normalized spacial score (nSPS) is 10.9. The second-order valence-electron chi connectivity index (χ2n) is 3.21. The van der Waals surface area contributed by atoms with Crippen LogP contribution in [0.2, 0.25) is 0 Å². The van der Waals surface area contributed by atoms with Crippen molar-refractivity contribution in [3.05, 3.63) is 33.1 Å². The summed E-state index contributed by atoms with van der Waals surface area (Å²) < 4.78 is 13.7. The lowest BCUT2D eigenvalue weighted by Crippen LogP contribution is -2.22. The summed E-state index contributed by atoms with van der Waals surface area (Å²) in [6.45, 7) is 7.24. The van der Waals surface area contributed by atoms with Crippen molar-refractivity contribution in [2.75, 3.05) is 13.1 Å². The van der Waals surface area contributed by atoms with Crippen LogP contribution in [-0.2, 0) is 6.54 Å². The van der Waals surface area contributed by atoms with Crippen LogP contribution in [0.5, 0.6) is 0 Å². The molecule has 0 bridgehead atoms. The van der Waals surface area contributed by atoms with E-state index in [1.54, 1.807) is 6.07 Å². The summed E-state index contributed by atoms with van der Waals surface area (Å²) in [7, 11) is 0. The van der Waals surface area contributed by atoms with Crippen LogP contribution in [-0.4, -0.2) is 18.0 Å². The standard InChI is InChI=1S/C11H15FIN/c1-3-14(4-2)8-9-5-6-10(12)11(13)7-9/h5-7H,3-4,8H2,1-2H3. The fraction of sp³-hybridized carbons (Fsp3) is 0.455. The molecule has 0 saturated carbocycles. The highest BCUT2D eigenvalue weighted by atomic mass is 127. The topological polar surface area (TPSA) is 3.24 Å². The molecule has 1 aromatic rings. The number of hydrogen-bond acceptors (Lipinski definition) is 1. The molecule has 0 spiro atoms. The van der Waals surface area contributed by atoms with Crippen LogP contribution >= 0.6 is 22.6 Å². The second-order valence-corrected chi connectivity index (χ2v) is 4.37. The predicted octanol–water partition coefficient (Wildman–Crippen LogP) is 3.27. The Hall–Kier alpha value is -0.160. The molecule has 0 saturated heterocycles. The van der Waals surface area contributed by atoms with Gasteiger partial charge < -0.3 is 0 Å². The highest BCUT2D eigenvalue weighted by Crippen LogP contribution is 2.14. The monoisotopic (exact) mass is 307 g/mol. The first-order chi connectivity index (χ1) is 6.67. The van der Waals surface area contributed by atoms with E-state index in [4.69, 9.17) is 0 Å². The summed E-state index contributed by atoms with van der Waals surface area (Å²) in [6, 6.07) is 5.31. The Morgan fingerprint density at radius 2 is 1.93 bits per heavy atom. The van der Waals surface area contributed by atoms with Crippen molar-refractivity contribution < 1.29 is 4.39 Å². The molecule has 0 radical (unpaired) electrons. The van der Waals surface area contributed by atoms with Gasteiger partial charge in [-0.1, -0.05) is 19.9 Å². The van der Waals surface area contributed by atoms with Gasteiger partial charge in [-0.3, -0.25) is 4.90 Å². The molecule has 0 aliphatic rings. The van der Waals surface area contributed by atoms with E-state index in [2.05, 4.69) is 18.7 Å². The molecular weight excluding hydrogens is 292 g/mol. The smallest absolute Gasteiger partial charge is 0.136 e. The Bertz CT molecular complexity index is 297. The zero-order chi connectivity index (χ0) is 10.6. The Morgan fingerprint density at radius 1 is 1.29 bits per heavy atom. The van der Waals surface area contributed by atoms with Gasteiger partial charge in [0.1, 0.15) is 5.82 Å². The average Bonchev–Trinajstić information content (AvgIpc) is 2.19. The first kappa shape index (κ1) is 11.9. The quantitative estimate of drug-likeness (QED) is 0.772. The fourth-order valence-corrected chi connectivity index (χ4v) is 1.92. The number of nitrogens with zero attached hydrogens (tertiary/aromatic N) is 1. The van der Waals surface area contributed by atoms with E-state index in [0.29, 0.717) is 3.57 Å². The molecule has 0 heterocycles. The summed E-state index contributed by atoms with van der Waals surface area (Å²) in [5.74, 6) is -0.131. The number of benzene rings is 1. The minimum Gasteiger partial charge on any atom is -0.300 e.